The van der Waals surface area contributed by atoms with Crippen LogP contribution in [0.3, 0.4) is 0 Å². The average molecular weight is 236 g/mol. The molecular weight excluding hydrogens is 222 g/mol. The first-order valence-electron chi connectivity index (χ1n) is 5.13. The molecule has 84 valence electrons. The third-order valence-corrected chi connectivity index (χ3v) is 2.73. The summed E-state index contributed by atoms with van der Waals surface area (Å²) < 4.78 is 1.90. The summed E-state index contributed by atoms with van der Waals surface area (Å²) in [5.41, 5.74) is 8.15. The van der Waals surface area contributed by atoms with E-state index in [0.717, 1.165) is 17.1 Å². The van der Waals surface area contributed by atoms with Crippen molar-refractivity contribution in [3.8, 4) is 0 Å². The highest BCUT2D eigenvalue weighted by atomic mass is 35.5. The fourth-order valence-corrected chi connectivity index (χ4v) is 1.73. The van der Waals surface area contributed by atoms with Gasteiger partial charge in [-0.2, -0.15) is 0 Å². The van der Waals surface area contributed by atoms with Crippen molar-refractivity contribution in [2.45, 2.75) is 12.5 Å². The van der Waals surface area contributed by atoms with Crippen LogP contribution in [0, 0.1) is 0 Å². The summed E-state index contributed by atoms with van der Waals surface area (Å²) in [7, 11) is 1.94. The van der Waals surface area contributed by atoms with Gasteiger partial charge in [0.05, 0.1) is 18.1 Å². The maximum atomic E-state index is 6.07. The standard InChI is InChI=1S/C12H14ClN3/c1-16-7-12(15-8-16)11(14)6-9-2-4-10(13)5-3-9/h2-5,7-8,11H,6,14H2,1H3. The van der Waals surface area contributed by atoms with Gasteiger partial charge in [-0.25, -0.2) is 4.98 Å². The van der Waals surface area contributed by atoms with E-state index in [2.05, 4.69) is 4.98 Å². The van der Waals surface area contributed by atoms with E-state index in [1.165, 1.54) is 5.56 Å². The number of rotatable bonds is 3. The van der Waals surface area contributed by atoms with Gasteiger partial charge in [0, 0.05) is 18.3 Å². The predicted molar refractivity (Wildman–Crippen MR) is 65.3 cm³/mol. The molecule has 16 heavy (non-hydrogen) atoms. The van der Waals surface area contributed by atoms with Crippen LogP contribution in [0.1, 0.15) is 17.3 Å². The number of aromatic nitrogens is 2. The molecular formula is C12H14ClN3. The third-order valence-electron chi connectivity index (χ3n) is 2.47. The number of hydrogen-bond donors (Lipinski definition) is 1. The lowest BCUT2D eigenvalue weighted by atomic mass is 10.0. The molecule has 3 nitrogen and oxygen atoms in total. The topological polar surface area (TPSA) is 43.8 Å². The summed E-state index contributed by atoms with van der Waals surface area (Å²) in [6.07, 6.45) is 4.48. The van der Waals surface area contributed by atoms with E-state index in [4.69, 9.17) is 17.3 Å². The Morgan fingerprint density at radius 3 is 2.62 bits per heavy atom. The van der Waals surface area contributed by atoms with Crippen molar-refractivity contribution >= 4 is 11.6 Å². The van der Waals surface area contributed by atoms with E-state index in [9.17, 15) is 0 Å². The number of hydrogen-bond acceptors (Lipinski definition) is 2. The van der Waals surface area contributed by atoms with Gasteiger partial charge in [0.2, 0.25) is 0 Å². The van der Waals surface area contributed by atoms with Gasteiger partial charge >= 0.3 is 0 Å². The molecule has 1 heterocycles. The molecule has 2 aromatic rings. The van der Waals surface area contributed by atoms with Crippen molar-refractivity contribution in [2.24, 2.45) is 12.8 Å². The molecule has 0 saturated carbocycles. The van der Waals surface area contributed by atoms with Crippen LogP contribution in [0.25, 0.3) is 0 Å². The normalized spacial score (nSPS) is 12.7. The summed E-state index contributed by atoms with van der Waals surface area (Å²) in [6, 6.07) is 7.67. The van der Waals surface area contributed by atoms with Crippen molar-refractivity contribution in [1.29, 1.82) is 0 Å². The van der Waals surface area contributed by atoms with E-state index >= 15 is 0 Å². The lowest BCUT2D eigenvalue weighted by Crippen LogP contribution is -2.13. The Bertz CT molecular complexity index is 461. The number of nitrogens with two attached hydrogens (primary N) is 1. The fourth-order valence-electron chi connectivity index (χ4n) is 1.60. The summed E-state index contributed by atoms with van der Waals surface area (Å²) in [5.74, 6) is 0. The second-order valence-electron chi connectivity index (χ2n) is 3.90. The Morgan fingerprint density at radius 1 is 1.38 bits per heavy atom. The molecule has 0 bridgehead atoms. The van der Waals surface area contributed by atoms with Gasteiger partial charge in [-0.3, -0.25) is 0 Å². The van der Waals surface area contributed by atoms with Crippen LogP contribution in [0.5, 0.6) is 0 Å². The number of aryl methyl sites for hydroxylation is 1. The van der Waals surface area contributed by atoms with E-state index in [1.54, 1.807) is 6.33 Å². The summed E-state index contributed by atoms with van der Waals surface area (Å²) >= 11 is 5.82. The lowest BCUT2D eigenvalue weighted by Gasteiger charge is -2.08. The van der Waals surface area contributed by atoms with Gasteiger partial charge in [-0.15, -0.1) is 0 Å². The molecule has 0 fully saturated rings. The molecule has 0 amide bonds. The molecule has 2 N–H and O–H groups in total. The molecule has 1 atom stereocenters. The van der Waals surface area contributed by atoms with Gasteiger partial charge in [-0.1, -0.05) is 23.7 Å². The molecule has 0 aliphatic rings. The van der Waals surface area contributed by atoms with Crippen LogP contribution in [0.4, 0.5) is 0 Å². The summed E-state index contributed by atoms with van der Waals surface area (Å²) in [6.45, 7) is 0. The molecule has 0 spiro atoms. The van der Waals surface area contributed by atoms with Crippen molar-refractivity contribution in [3.63, 3.8) is 0 Å². The molecule has 4 heteroatoms. The van der Waals surface area contributed by atoms with Crippen LogP contribution >= 0.6 is 11.6 Å². The lowest BCUT2D eigenvalue weighted by molar-refractivity contribution is 0.700. The third kappa shape index (κ3) is 2.62. The molecule has 0 aliphatic carbocycles. The molecule has 0 radical (unpaired) electrons. The second kappa shape index (κ2) is 4.68. The van der Waals surface area contributed by atoms with Gasteiger partial charge in [0.15, 0.2) is 0 Å². The summed E-state index contributed by atoms with van der Waals surface area (Å²) in [5, 5.41) is 0.746. The largest absolute Gasteiger partial charge is 0.340 e. The molecule has 2 rings (SSSR count). The second-order valence-corrected chi connectivity index (χ2v) is 4.34. The molecule has 0 aliphatic heterocycles. The van der Waals surface area contributed by atoms with Crippen LogP contribution in [0.2, 0.25) is 5.02 Å². The van der Waals surface area contributed by atoms with Crippen LogP contribution in [-0.4, -0.2) is 9.55 Å². The zero-order valence-corrected chi connectivity index (χ0v) is 9.85. The maximum absolute atomic E-state index is 6.07. The van der Waals surface area contributed by atoms with Gasteiger partial charge < -0.3 is 10.3 Å². The number of nitrogens with zero attached hydrogens (tertiary/aromatic N) is 2. The Hall–Kier alpha value is -1.32. The van der Waals surface area contributed by atoms with Crippen LogP contribution < -0.4 is 5.73 Å². The van der Waals surface area contributed by atoms with Crippen molar-refractivity contribution < 1.29 is 0 Å². The smallest absolute Gasteiger partial charge is 0.0947 e. The number of benzene rings is 1. The number of imidazole rings is 1. The minimum atomic E-state index is -0.0672. The van der Waals surface area contributed by atoms with Crippen LogP contribution in [-0.2, 0) is 13.5 Å². The maximum Gasteiger partial charge on any atom is 0.0947 e. The van der Waals surface area contributed by atoms with E-state index in [-0.39, 0.29) is 6.04 Å². The zero-order valence-electron chi connectivity index (χ0n) is 9.10. The minimum Gasteiger partial charge on any atom is -0.340 e. The zero-order chi connectivity index (χ0) is 11.5. The van der Waals surface area contributed by atoms with Crippen molar-refractivity contribution in [1.82, 2.24) is 9.55 Å². The summed E-state index contributed by atoms with van der Waals surface area (Å²) in [4.78, 5) is 4.24. The van der Waals surface area contributed by atoms with E-state index < -0.39 is 0 Å². The van der Waals surface area contributed by atoms with Gasteiger partial charge in [-0.05, 0) is 24.1 Å². The Kier molecular flexibility index (Phi) is 3.27. The first-order chi connectivity index (χ1) is 7.65. The van der Waals surface area contributed by atoms with E-state index in [1.807, 2.05) is 42.1 Å². The quantitative estimate of drug-likeness (QED) is 0.887. The Morgan fingerprint density at radius 2 is 2.06 bits per heavy atom. The van der Waals surface area contributed by atoms with Gasteiger partial charge in [0.1, 0.15) is 0 Å². The Balaban J connectivity index is 2.07. The first kappa shape index (κ1) is 11.2. The SMILES string of the molecule is Cn1cnc(C(N)Cc2ccc(Cl)cc2)c1. The van der Waals surface area contributed by atoms with Gasteiger partial charge in [0.25, 0.3) is 0 Å². The Labute approximate surface area is 99.9 Å². The van der Waals surface area contributed by atoms with E-state index in [0.29, 0.717) is 0 Å². The first-order valence-corrected chi connectivity index (χ1v) is 5.51. The average Bonchev–Trinajstić information content (AvgIpc) is 2.68. The molecule has 1 aromatic carbocycles. The van der Waals surface area contributed by atoms with Crippen molar-refractivity contribution in [2.75, 3.05) is 0 Å². The fraction of sp³-hybridized carbons (Fsp3) is 0.250. The minimum absolute atomic E-state index is 0.0672. The molecule has 0 saturated heterocycles. The molecule has 1 aromatic heterocycles. The predicted octanol–water partition coefficient (Wildman–Crippen LogP) is 2.32. The van der Waals surface area contributed by atoms with Crippen molar-refractivity contribution in [3.05, 3.63) is 53.1 Å². The highest BCUT2D eigenvalue weighted by Crippen LogP contribution is 2.16. The molecule has 1 unspecified atom stereocenters. The number of halogens is 1. The highest BCUT2D eigenvalue weighted by Gasteiger charge is 2.09. The van der Waals surface area contributed by atoms with Crippen LogP contribution in [0.15, 0.2) is 36.8 Å². The highest BCUT2D eigenvalue weighted by molar-refractivity contribution is 6.30. The monoisotopic (exact) mass is 235 g/mol.